The van der Waals surface area contributed by atoms with Crippen molar-refractivity contribution in [2.75, 3.05) is 13.1 Å². The number of nitrogens with zero attached hydrogens (tertiary/aromatic N) is 1. The Kier molecular flexibility index (Phi) is 6.42. The van der Waals surface area contributed by atoms with Crippen LogP contribution in [0.1, 0.15) is 50.4 Å². The van der Waals surface area contributed by atoms with E-state index in [9.17, 15) is 9.18 Å². The fourth-order valence-electron chi connectivity index (χ4n) is 2.83. The van der Waals surface area contributed by atoms with Crippen molar-refractivity contribution in [3.05, 3.63) is 34.6 Å². The van der Waals surface area contributed by atoms with E-state index in [1.165, 1.54) is 18.2 Å². The number of carbonyl (C=O) groups is 1. The summed E-state index contributed by atoms with van der Waals surface area (Å²) in [6.07, 6.45) is 3.06. The second-order valence-corrected chi connectivity index (χ2v) is 6.95. The van der Waals surface area contributed by atoms with Gasteiger partial charge in [0.05, 0.1) is 17.8 Å². The van der Waals surface area contributed by atoms with E-state index in [-0.39, 0.29) is 23.7 Å². The molecule has 1 aliphatic rings. The first-order valence-electron chi connectivity index (χ1n) is 8.32. The molecule has 2 rings (SSSR count). The summed E-state index contributed by atoms with van der Waals surface area (Å²) in [5, 5.41) is 0.367. The van der Waals surface area contributed by atoms with Gasteiger partial charge in [0.2, 0.25) is 0 Å². The van der Waals surface area contributed by atoms with Crippen LogP contribution in [0.2, 0.25) is 5.02 Å². The molecule has 0 saturated carbocycles. The molecule has 0 aliphatic carbocycles. The predicted octanol–water partition coefficient (Wildman–Crippen LogP) is 4.53. The Morgan fingerprint density at radius 3 is 2.83 bits per heavy atom. The zero-order valence-corrected chi connectivity index (χ0v) is 14.8. The van der Waals surface area contributed by atoms with Crippen molar-refractivity contribution in [3.8, 4) is 0 Å². The largest absolute Gasteiger partial charge is 0.371 e. The van der Waals surface area contributed by atoms with E-state index in [4.69, 9.17) is 16.3 Å². The lowest BCUT2D eigenvalue weighted by molar-refractivity contribution is -0.0963. The van der Waals surface area contributed by atoms with Gasteiger partial charge in [-0.15, -0.1) is 0 Å². The van der Waals surface area contributed by atoms with E-state index in [0.29, 0.717) is 24.0 Å². The first-order chi connectivity index (χ1) is 10.9. The van der Waals surface area contributed by atoms with Gasteiger partial charge in [0, 0.05) is 18.1 Å². The van der Waals surface area contributed by atoms with Crippen LogP contribution >= 0.6 is 11.6 Å². The minimum absolute atomic E-state index is 0.0160. The third kappa shape index (κ3) is 4.67. The van der Waals surface area contributed by atoms with Crippen LogP contribution in [0, 0.1) is 11.7 Å². The van der Waals surface area contributed by atoms with Gasteiger partial charge in [0.1, 0.15) is 5.82 Å². The molecule has 0 unspecified atom stereocenters. The SMILES string of the molecule is CCCC[C@@H]1CN(C(=O)c2cc(Cl)ccc2F)C[C@H](C(C)C)O1. The van der Waals surface area contributed by atoms with Crippen molar-refractivity contribution in [3.63, 3.8) is 0 Å². The Hall–Kier alpha value is -1.13. The Labute approximate surface area is 142 Å². The molecule has 1 aliphatic heterocycles. The fourth-order valence-corrected chi connectivity index (χ4v) is 3.00. The van der Waals surface area contributed by atoms with E-state index < -0.39 is 5.82 Å². The van der Waals surface area contributed by atoms with Crippen molar-refractivity contribution in [1.82, 2.24) is 4.90 Å². The van der Waals surface area contributed by atoms with Gasteiger partial charge in [-0.05, 0) is 30.5 Å². The van der Waals surface area contributed by atoms with Gasteiger partial charge in [-0.3, -0.25) is 4.79 Å². The zero-order valence-electron chi connectivity index (χ0n) is 14.0. The van der Waals surface area contributed by atoms with Gasteiger partial charge >= 0.3 is 0 Å². The standard InChI is InChI=1S/C18H25ClFNO2/c1-4-5-6-14-10-21(11-17(23-14)12(2)3)18(22)15-9-13(19)7-8-16(15)20/h7-9,12,14,17H,4-6,10-11H2,1-3H3/t14-,17-/m1/s1. The number of unbranched alkanes of at least 4 members (excludes halogenated alkanes) is 1. The van der Waals surface area contributed by atoms with Crippen LogP contribution in [0.3, 0.4) is 0 Å². The number of hydrogen-bond acceptors (Lipinski definition) is 2. The number of hydrogen-bond donors (Lipinski definition) is 0. The van der Waals surface area contributed by atoms with E-state index in [0.717, 1.165) is 19.3 Å². The summed E-state index contributed by atoms with van der Waals surface area (Å²) in [7, 11) is 0. The van der Waals surface area contributed by atoms with E-state index in [1.54, 1.807) is 4.90 Å². The molecule has 0 aromatic heterocycles. The molecule has 1 aromatic rings. The van der Waals surface area contributed by atoms with Gasteiger partial charge < -0.3 is 9.64 Å². The molecule has 1 saturated heterocycles. The maximum atomic E-state index is 14.0. The number of rotatable bonds is 5. The van der Waals surface area contributed by atoms with Gasteiger partial charge in [-0.25, -0.2) is 4.39 Å². The molecule has 0 spiro atoms. The molecule has 1 amide bonds. The third-order valence-corrected chi connectivity index (χ3v) is 4.50. The van der Waals surface area contributed by atoms with Crippen molar-refractivity contribution in [2.45, 2.75) is 52.2 Å². The molecule has 23 heavy (non-hydrogen) atoms. The number of morpholine rings is 1. The van der Waals surface area contributed by atoms with Crippen LogP contribution in [0.4, 0.5) is 4.39 Å². The maximum Gasteiger partial charge on any atom is 0.257 e. The molecular formula is C18H25ClFNO2. The third-order valence-electron chi connectivity index (χ3n) is 4.26. The number of halogens is 2. The summed E-state index contributed by atoms with van der Waals surface area (Å²) in [5.74, 6) is -0.531. The molecular weight excluding hydrogens is 317 g/mol. The smallest absolute Gasteiger partial charge is 0.257 e. The van der Waals surface area contributed by atoms with Crippen LogP contribution in [0.25, 0.3) is 0 Å². The molecule has 1 fully saturated rings. The lowest BCUT2D eigenvalue weighted by atomic mass is 10.0. The molecule has 0 radical (unpaired) electrons. The molecule has 5 heteroatoms. The van der Waals surface area contributed by atoms with Crippen molar-refractivity contribution in [2.24, 2.45) is 5.92 Å². The molecule has 2 atom stereocenters. The Morgan fingerprint density at radius 2 is 2.17 bits per heavy atom. The van der Waals surface area contributed by atoms with Crippen LogP contribution < -0.4 is 0 Å². The minimum atomic E-state index is -0.530. The summed E-state index contributed by atoms with van der Waals surface area (Å²) in [6, 6.07) is 4.10. The lowest BCUT2D eigenvalue weighted by Crippen LogP contribution is -2.51. The summed E-state index contributed by atoms with van der Waals surface area (Å²) < 4.78 is 20.1. The van der Waals surface area contributed by atoms with Crippen molar-refractivity contribution in [1.29, 1.82) is 0 Å². The van der Waals surface area contributed by atoms with Gasteiger partial charge in [0.25, 0.3) is 5.91 Å². The highest BCUT2D eigenvalue weighted by molar-refractivity contribution is 6.31. The average molecular weight is 342 g/mol. The highest BCUT2D eigenvalue weighted by Crippen LogP contribution is 2.24. The van der Waals surface area contributed by atoms with Crippen molar-refractivity contribution < 1.29 is 13.9 Å². The van der Waals surface area contributed by atoms with E-state index in [1.807, 2.05) is 0 Å². The van der Waals surface area contributed by atoms with Crippen LogP contribution in [0.5, 0.6) is 0 Å². The Bertz CT molecular complexity index is 550. The fraction of sp³-hybridized carbons (Fsp3) is 0.611. The van der Waals surface area contributed by atoms with Gasteiger partial charge in [-0.2, -0.15) is 0 Å². The topological polar surface area (TPSA) is 29.5 Å². The second-order valence-electron chi connectivity index (χ2n) is 6.52. The molecule has 0 bridgehead atoms. The zero-order chi connectivity index (χ0) is 17.0. The molecule has 3 nitrogen and oxygen atoms in total. The molecule has 1 aromatic carbocycles. The van der Waals surface area contributed by atoms with E-state index >= 15 is 0 Å². The average Bonchev–Trinajstić information content (AvgIpc) is 2.54. The molecule has 128 valence electrons. The Balaban J connectivity index is 2.18. The second kappa shape index (κ2) is 8.11. The summed E-state index contributed by atoms with van der Waals surface area (Å²) in [5.41, 5.74) is 0.0381. The molecule has 1 heterocycles. The van der Waals surface area contributed by atoms with Gasteiger partial charge in [-0.1, -0.05) is 45.2 Å². The summed E-state index contributed by atoms with van der Waals surface area (Å²) in [4.78, 5) is 14.4. The van der Waals surface area contributed by atoms with Crippen LogP contribution in [-0.2, 0) is 4.74 Å². The lowest BCUT2D eigenvalue weighted by Gasteiger charge is -2.40. The van der Waals surface area contributed by atoms with Gasteiger partial charge in [0.15, 0.2) is 0 Å². The maximum absolute atomic E-state index is 14.0. The quantitative estimate of drug-likeness (QED) is 0.787. The molecule has 0 N–H and O–H groups in total. The Morgan fingerprint density at radius 1 is 1.43 bits per heavy atom. The van der Waals surface area contributed by atoms with E-state index in [2.05, 4.69) is 20.8 Å². The van der Waals surface area contributed by atoms with Crippen LogP contribution in [-0.4, -0.2) is 36.1 Å². The van der Waals surface area contributed by atoms with Crippen LogP contribution in [0.15, 0.2) is 18.2 Å². The summed E-state index contributed by atoms with van der Waals surface area (Å²) in [6.45, 7) is 7.29. The first-order valence-corrected chi connectivity index (χ1v) is 8.70. The number of carbonyl (C=O) groups excluding carboxylic acids is 1. The first kappa shape index (κ1) is 18.2. The highest BCUT2D eigenvalue weighted by atomic mass is 35.5. The normalized spacial score (nSPS) is 21.7. The van der Waals surface area contributed by atoms with Crippen molar-refractivity contribution >= 4 is 17.5 Å². The number of benzene rings is 1. The minimum Gasteiger partial charge on any atom is -0.371 e. The predicted molar refractivity (Wildman–Crippen MR) is 90.3 cm³/mol. The monoisotopic (exact) mass is 341 g/mol. The number of ether oxygens (including phenoxy) is 1. The summed E-state index contributed by atoms with van der Waals surface area (Å²) >= 11 is 5.91. The number of amides is 1. The highest BCUT2D eigenvalue weighted by Gasteiger charge is 2.33.